The SMILES string of the molecule is COC(=O)C(C)n1cc(C=C2C(=O)NC(=O)N(c3ccc(C(=O)O)cc3)C2=O)c2ccccc21. The van der Waals surface area contributed by atoms with Gasteiger partial charge in [-0.2, -0.15) is 0 Å². The molecule has 10 nitrogen and oxygen atoms in total. The smallest absolute Gasteiger partial charge is 0.335 e. The van der Waals surface area contributed by atoms with Crippen molar-refractivity contribution in [3.8, 4) is 0 Å². The van der Waals surface area contributed by atoms with E-state index in [2.05, 4.69) is 5.32 Å². The third kappa shape index (κ3) is 3.81. The Morgan fingerprint density at radius 2 is 1.74 bits per heavy atom. The van der Waals surface area contributed by atoms with Gasteiger partial charge in [-0.15, -0.1) is 0 Å². The van der Waals surface area contributed by atoms with Crippen LogP contribution in [0.3, 0.4) is 0 Å². The van der Waals surface area contributed by atoms with E-state index in [1.54, 1.807) is 42.0 Å². The van der Waals surface area contributed by atoms with E-state index in [1.807, 2.05) is 0 Å². The molecule has 2 heterocycles. The Morgan fingerprint density at radius 1 is 1.06 bits per heavy atom. The summed E-state index contributed by atoms with van der Waals surface area (Å²) in [5.74, 6) is -3.36. The van der Waals surface area contributed by atoms with E-state index in [0.29, 0.717) is 16.5 Å². The molecule has 4 amide bonds. The van der Waals surface area contributed by atoms with Gasteiger partial charge in [-0.25, -0.2) is 19.3 Å². The molecule has 3 aromatic rings. The number of benzene rings is 2. The number of methoxy groups -OCH3 is 1. The number of carboxylic acid groups (broad SMARTS) is 1. The minimum absolute atomic E-state index is 0.0204. The number of barbiturate groups is 1. The molecule has 0 aliphatic carbocycles. The van der Waals surface area contributed by atoms with E-state index >= 15 is 0 Å². The normalized spacial score (nSPS) is 16.0. The Bertz CT molecular complexity index is 1390. The number of amides is 4. The zero-order valence-corrected chi connectivity index (χ0v) is 18.1. The quantitative estimate of drug-likeness (QED) is 0.339. The summed E-state index contributed by atoms with van der Waals surface area (Å²) in [7, 11) is 1.28. The highest BCUT2D eigenvalue weighted by molar-refractivity contribution is 6.39. The highest BCUT2D eigenvalue weighted by Crippen LogP contribution is 2.29. The lowest BCUT2D eigenvalue weighted by Gasteiger charge is -2.26. The molecule has 172 valence electrons. The Kier molecular flexibility index (Phi) is 5.72. The van der Waals surface area contributed by atoms with Crippen molar-refractivity contribution in [2.24, 2.45) is 0 Å². The van der Waals surface area contributed by atoms with Crippen molar-refractivity contribution in [1.82, 2.24) is 9.88 Å². The molecule has 0 bridgehead atoms. The van der Waals surface area contributed by atoms with E-state index in [1.165, 1.54) is 37.5 Å². The van der Waals surface area contributed by atoms with Crippen molar-refractivity contribution < 1.29 is 33.8 Å². The highest BCUT2D eigenvalue weighted by atomic mass is 16.5. The molecule has 0 saturated carbocycles. The second kappa shape index (κ2) is 8.66. The average molecular weight is 461 g/mol. The number of imide groups is 2. The van der Waals surface area contributed by atoms with Crippen LogP contribution in [0, 0.1) is 0 Å². The summed E-state index contributed by atoms with van der Waals surface area (Å²) in [5.41, 5.74) is 0.963. The van der Waals surface area contributed by atoms with Crippen LogP contribution in [-0.2, 0) is 19.1 Å². The van der Waals surface area contributed by atoms with Gasteiger partial charge in [0.05, 0.1) is 18.4 Å². The first-order chi connectivity index (χ1) is 16.2. The predicted octanol–water partition coefficient (Wildman–Crippen LogP) is 2.74. The number of fused-ring (bicyclic) bond motifs is 1. The van der Waals surface area contributed by atoms with Crippen LogP contribution in [0.5, 0.6) is 0 Å². The van der Waals surface area contributed by atoms with Gasteiger partial charge in [0.2, 0.25) is 0 Å². The second-order valence-corrected chi connectivity index (χ2v) is 7.52. The molecule has 10 heteroatoms. The molecule has 2 N–H and O–H groups in total. The first-order valence-corrected chi connectivity index (χ1v) is 10.1. The minimum atomic E-state index is -1.16. The molecule has 0 spiro atoms. The van der Waals surface area contributed by atoms with E-state index in [-0.39, 0.29) is 16.8 Å². The van der Waals surface area contributed by atoms with Crippen LogP contribution in [0.1, 0.15) is 28.9 Å². The molecule has 1 saturated heterocycles. The number of urea groups is 1. The number of aromatic nitrogens is 1. The fourth-order valence-electron chi connectivity index (χ4n) is 3.75. The third-order valence-corrected chi connectivity index (χ3v) is 5.50. The van der Waals surface area contributed by atoms with Crippen molar-refractivity contribution in [1.29, 1.82) is 0 Å². The van der Waals surface area contributed by atoms with Crippen molar-refractivity contribution >= 4 is 52.5 Å². The van der Waals surface area contributed by atoms with Gasteiger partial charge >= 0.3 is 18.0 Å². The van der Waals surface area contributed by atoms with E-state index < -0.39 is 35.8 Å². The molecule has 1 atom stereocenters. The molecular weight excluding hydrogens is 442 g/mol. The van der Waals surface area contributed by atoms with Crippen LogP contribution in [0.25, 0.3) is 17.0 Å². The molecule has 2 aromatic carbocycles. The molecule has 1 aliphatic rings. The lowest BCUT2D eigenvalue weighted by atomic mass is 10.1. The second-order valence-electron chi connectivity index (χ2n) is 7.52. The number of para-hydroxylation sites is 1. The number of aromatic carboxylic acids is 1. The first-order valence-electron chi connectivity index (χ1n) is 10.1. The molecule has 1 aliphatic heterocycles. The number of rotatable bonds is 5. The summed E-state index contributed by atoms with van der Waals surface area (Å²) in [6, 6.07) is 10.6. The number of nitrogens with one attached hydrogen (secondary N) is 1. The molecule has 0 radical (unpaired) electrons. The van der Waals surface area contributed by atoms with Crippen molar-refractivity contribution in [2.45, 2.75) is 13.0 Å². The summed E-state index contributed by atoms with van der Waals surface area (Å²) >= 11 is 0. The fraction of sp³-hybridized carbons (Fsp3) is 0.125. The molecule has 34 heavy (non-hydrogen) atoms. The molecule has 1 aromatic heterocycles. The van der Waals surface area contributed by atoms with Gasteiger partial charge in [0.15, 0.2) is 0 Å². The van der Waals surface area contributed by atoms with Gasteiger partial charge in [-0.3, -0.25) is 14.9 Å². The molecular formula is C24H19N3O7. The van der Waals surface area contributed by atoms with Crippen molar-refractivity contribution in [2.75, 3.05) is 12.0 Å². The van der Waals surface area contributed by atoms with E-state index in [9.17, 15) is 24.0 Å². The number of esters is 1. The Balaban J connectivity index is 1.78. The maximum atomic E-state index is 13.2. The van der Waals surface area contributed by atoms with Crippen LogP contribution < -0.4 is 10.2 Å². The summed E-state index contributed by atoms with van der Waals surface area (Å²) < 4.78 is 6.51. The number of anilines is 1. The van der Waals surface area contributed by atoms with Gasteiger partial charge in [0.25, 0.3) is 11.8 Å². The van der Waals surface area contributed by atoms with Crippen LogP contribution in [0.4, 0.5) is 10.5 Å². The van der Waals surface area contributed by atoms with Gasteiger partial charge in [0, 0.05) is 22.7 Å². The van der Waals surface area contributed by atoms with Gasteiger partial charge in [-0.05, 0) is 43.3 Å². The highest BCUT2D eigenvalue weighted by Gasteiger charge is 2.37. The monoisotopic (exact) mass is 461 g/mol. The van der Waals surface area contributed by atoms with E-state index in [0.717, 1.165) is 4.90 Å². The van der Waals surface area contributed by atoms with Crippen molar-refractivity contribution in [3.05, 3.63) is 71.4 Å². The van der Waals surface area contributed by atoms with Crippen LogP contribution in [0.15, 0.2) is 60.3 Å². The Hall–Kier alpha value is -4.73. The van der Waals surface area contributed by atoms with Crippen molar-refractivity contribution in [3.63, 3.8) is 0 Å². The minimum Gasteiger partial charge on any atom is -0.478 e. The number of carbonyl (C=O) groups is 5. The molecule has 4 rings (SSSR count). The number of carboxylic acids is 1. The number of hydrogen-bond acceptors (Lipinski definition) is 6. The summed E-state index contributed by atoms with van der Waals surface area (Å²) in [6.07, 6.45) is 2.98. The zero-order chi connectivity index (χ0) is 24.6. The van der Waals surface area contributed by atoms with Crippen LogP contribution in [0.2, 0.25) is 0 Å². The Labute approximate surface area is 193 Å². The van der Waals surface area contributed by atoms with Crippen LogP contribution in [-0.4, -0.2) is 46.6 Å². The summed E-state index contributed by atoms with van der Waals surface area (Å²) in [5, 5.41) is 11.9. The lowest BCUT2D eigenvalue weighted by Crippen LogP contribution is -2.54. The molecule has 1 fully saturated rings. The first kappa shape index (κ1) is 22.5. The van der Waals surface area contributed by atoms with Gasteiger partial charge in [-0.1, -0.05) is 18.2 Å². The average Bonchev–Trinajstić information content (AvgIpc) is 3.19. The van der Waals surface area contributed by atoms with E-state index in [4.69, 9.17) is 9.84 Å². The van der Waals surface area contributed by atoms with Gasteiger partial charge in [0.1, 0.15) is 11.6 Å². The number of carbonyl (C=O) groups excluding carboxylic acids is 4. The predicted molar refractivity (Wildman–Crippen MR) is 121 cm³/mol. The van der Waals surface area contributed by atoms with Crippen LogP contribution >= 0.6 is 0 Å². The maximum Gasteiger partial charge on any atom is 0.335 e. The van der Waals surface area contributed by atoms with Gasteiger partial charge < -0.3 is 14.4 Å². The lowest BCUT2D eigenvalue weighted by molar-refractivity contribution is -0.143. The third-order valence-electron chi connectivity index (χ3n) is 5.50. The summed E-state index contributed by atoms with van der Waals surface area (Å²) in [4.78, 5) is 62.1. The number of ether oxygens (including phenoxy) is 1. The standard InChI is InChI=1S/C24H19N3O7/c1-13(23(32)34-2)26-12-15(17-5-3-4-6-19(17)26)11-18-20(28)25-24(33)27(21(18)29)16-9-7-14(8-10-16)22(30)31/h3-13H,1-2H3,(H,30,31)(H,25,28,33). The number of hydrogen-bond donors (Lipinski definition) is 2. The largest absolute Gasteiger partial charge is 0.478 e. The molecule has 1 unspecified atom stereocenters. The maximum absolute atomic E-state index is 13.2. The summed E-state index contributed by atoms with van der Waals surface area (Å²) in [6.45, 7) is 1.66. The zero-order valence-electron chi connectivity index (χ0n) is 18.1. The number of nitrogens with zero attached hydrogens (tertiary/aromatic N) is 2. The fourth-order valence-corrected chi connectivity index (χ4v) is 3.75. The topological polar surface area (TPSA) is 135 Å². The Morgan fingerprint density at radius 3 is 2.38 bits per heavy atom.